The van der Waals surface area contributed by atoms with Crippen LogP contribution >= 0.6 is 0 Å². The Balaban J connectivity index is 1.64. The molecular formula is C31H54FN3O6. The number of aliphatic hydroxyl groups excluding tert-OH is 2. The van der Waals surface area contributed by atoms with Crippen LogP contribution in [0.3, 0.4) is 0 Å². The first-order valence-electron chi connectivity index (χ1n) is 15.7. The van der Waals surface area contributed by atoms with Gasteiger partial charge in [-0.05, 0) is 36.5 Å². The number of anilines is 1. The van der Waals surface area contributed by atoms with Crippen molar-refractivity contribution in [2.45, 2.75) is 137 Å². The van der Waals surface area contributed by atoms with Crippen LogP contribution in [0.5, 0.6) is 0 Å². The first-order chi connectivity index (χ1) is 19.4. The van der Waals surface area contributed by atoms with Crippen LogP contribution in [0.4, 0.5) is 15.0 Å². The van der Waals surface area contributed by atoms with Crippen LogP contribution in [-0.2, 0) is 9.47 Å². The molecule has 7 atom stereocenters. The second-order valence-corrected chi connectivity index (χ2v) is 12.6. The molecule has 3 N–H and O–H groups in total. The maximum Gasteiger partial charge on any atom is 0.412 e. The molecule has 9 nitrogen and oxygen atoms in total. The minimum absolute atomic E-state index is 0.175. The summed E-state index contributed by atoms with van der Waals surface area (Å²) in [4.78, 5) is 28.2. The molecule has 2 rings (SSSR count). The molecule has 7 unspecified atom stereocenters. The lowest BCUT2D eigenvalue weighted by Crippen LogP contribution is -2.36. The monoisotopic (exact) mass is 583 g/mol. The van der Waals surface area contributed by atoms with Crippen LogP contribution in [-0.4, -0.2) is 50.8 Å². The molecule has 1 aliphatic rings. The molecule has 1 aromatic rings. The highest BCUT2D eigenvalue weighted by atomic mass is 19.1. The number of nitrogens with zero attached hydrogens (tertiary/aromatic N) is 2. The van der Waals surface area contributed by atoms with Gasteiger partial charge in [0.2, 0.25) is 0 Å². The van der Waals surface area contributed by atoms with Gasteiger partial charge in [-0.1, -0.05) is 99.3 Å². The van der Waals surface area contributed by atoms with E-state index in [1.165, 1.54) is 44.9 Å². The van der Waals surface area contributed by atoms with Crippen molar-refractivity contribution in [3.8, 4) is 0 Å². The normalized spacial score (nSPS) is 23.0. The fourth-order valence-corrected chi connectivity index (χ4v) is 5.43. The van der Waals surface area contributed by atoms with Crippen LogP contribution in [0, 0.1) is 29.5 Å². The minimum atomic E-state index is -1.41. The molecule has 1 saturated heterocycles. The van der Waals surface area contributed by atoms with E-state index in [-0.39, 0.29) is 6.61 Å². The van der Waals surface area contributed by atoms with E-state index in [1.807, 2.05) is 0 Å². The molecule has 0 saturated carbocycles. The molecule has 1 fully saturated rings. The Bertz CT molecular complexity index is 974. The Morgan fingerprint density at radius 2 is 1.51 bits per heavy atom. The average Bonchev–Trinajstić information content (AvgIpc) is 3.19. The van der Waals surface area contributed by atoms with Crippen LogP contribution < -0.4 is 11.0 Å². The Labute approximate surface area is 245 Å². The largest absolute Gasteiger partial charge is 0.449 e. The fourth-order valence-electron chi connectivity index (χ4n) is 5.43. The third-order valence-corrected chi connectivity index (χ3v) is 8.25. The number of ether oxygens (including phenoxy) is 2. The van der Waals surface area contributed by atoms with Gasteiger partial charge < -0.3 is 19.7 Å². The van der Waals surface area contributed by atoms with Crippen molar-refractivity contribution in [1.82, 2.24) is 9.55 Å². The quantitative estimate of drug-likeness (QED) is 0.182. The smallest absolute Gasteiger partial charge is 0.412 e. The molecule has 41 heavy (non-hydrogen) atoms. The van der Waals surface area contributed by atoms with Crippen LogP contribution in [0.1, 0.15) is 118 Å². The summed E-state index contributed by atoms with van der Waals surface area (Å²) in [5.74, 6) is 1.15. The summed E-state index contributed by atoms with van der Waals surface area (Å²) in [7, 11) is 0. The van der Waals surface area contributed by atoms with Crippen molar-refractivity contribution in [1.29, 1.82) is 0 Å². The summed E-state index contributed by atoms with van der Waals surface area (Å²) in [5, 5.41) is 22.4. The van der Waals surface area contributed by atoms with Crippen LogP contribution in [0.15, 0.2) is 11.0 Å². The number of amides is 1. The van der Waals surface area contributed by atoms with E-state index in [4.69, 9.17) is 9.47 Å². The summed E-state index contributed by atoms with van der Waals surface area (Å²) in [6, 6.07) is 0. The molecular weight excluding hydrogens is 529 g/mol. The maximum atomic E-state index is 14.6. The number of nitrogens with one attached hydrogen (secondary N) is 1. The highest BCUT2D eigenvalue weighted by Crippen LogP contribution is 2.30. The lowest BCUT2D eigenvalue weighted by molar-refractivity contribution is -0.0408. The molecule has 0 aromatic carbocycles. The topological polar surface area (TPSA) is 123 Å². The zero-order valence-electron chi connectivity index (χ0n) is 26.0. The minimum Gasteiger partial charge on any atom is -0.449 e. The molecule has 1 amide bonds. The Hall–Kier alpha value is -2.04. The van der Waals surface area contributed by atoms with Gasteiger partial charge in [-0.15, -0.1) is 0 Å². The van der Waals surface area contributed by atoms with E-state index < -0.39 is 48.0 Å². The van der Waals surface area contributed by atoms with Gasteiger partial charge in [-0.2, -0.15) is 4.98 Å². The molecule has 0 bridgehead atoms. The van der Waals surface area contributed by atoms with Crippen molar-refractivity contribution >= 4 is 11.9 Å². The predicted molar refractivity (Wildman–Crippen MR) is 158 cm³/mol. The van der Waals surface area contributed by atoms with Crippen molar-refractivity contribution in [2.24, 2.45) is 23.7 Å². The summed E-state index contributed by atoms with van der Waals surface area (Å²) < 4.78 is 26.0. The molecule has 10 heteroatoms. The molecule has 0 aliphatic carbocycles. The first-order valence-corrected chi connectivity index (χ1v) is 15.7. The highest BCUT2D eigenvalue weighted by molar-refractivity contribution is 5.83. The van der Waals surface area contributed by atoms with E-state index >= 15 is 0 Å². The highest BCUT2D eigenvalue weighted by Gasteiger charge is 2.43. The summed E-state index contributed by atoms with van der Waals surface area (Å²) in [6.07, 6.45) is 7.69. The molecule has 0 spiro atoms. The summed E-state index contributed by atoms with van der Waals surface area (Å²) in [5.41, 5.74) is -0.936. The van der Waals surface area contributed by atoms with E-state index in [1.54, 1.807) is 6.92 Å². The summed E-state index contributed by atoms with van der Waals surface area (Å²) in [6.45, 7) is 13.4. The molecule has 1 aromatic heterocycles. The number of carbonyl (C=O) groups excluding carboxylic acids is 1. The van der Waals surface area contributed by atoms with Crippen molar-refractivity contribution in [3.05, 3.63) is 22.5 Å². The SMILES string of the molecule is CCC1OC(n2cc(F)c(NC(=O)OCCC(C)CCCC(C)CCCC(C)CCCC(C)C)nc2=O)C(O)C1O. The van der Waals surface area contributed by atoms with Crippen LogP contribution in [0.2, 0.25) is 0 Å². The third kappa shape index (κ3) is 12.0. The van der Waals surface area contributed by atoms with Gasteiger partial charge in [0.25, 0.3) is 0 Å². The van der Waals surface area contributed by atoms with E-state index in [0.717, 1.165) is 35.4 Å². The van der Waals surface area contributed by atoms with Crippen LogP contribution in [0.25, 0.3) is 0 Å². The molecule has 0 radical (unpaired) electrons. The second kappa shape index (κ2) is 17.8. The number of aromatic nitrogens is 2. The van der Waals surface area contributed by atoms with Gasteiger partial charge in [0.15, 0.2) is 17.9 Å². The first kappa shape index (κ1) is 35.2. The Morgan fingerprint density at radius 3 is 2.02 bits per heavy atom. The maximum absolute atomic E-state index is 14.6. The second-order valence-electron chi connectivity index (χ2n) is 12.6. The van der Waals surface area contributed by atoms with Gasteiger partial charge >= 0.3 is 11.8 Å². The molecule has 236 valence electrons. The van der Waals surface area contributed by atoms with Crippen molar-refractivity contribution < 1.29 is 28.9 Å². The average molecular weight is 584 g/mol. The lowest BCUT2D eigenvalue weighted by atomic mass is 9.91. The van der Waals surface area contributed by atoms with Crippen molar-refractivity contribution in [3.63, 3.8) is 0 Å². The van der Waals surface area contributed by atoms with E-state index in [2.05, 4.69) is 44.9 Å². The van der Waals surface area contributed by atoms with E-state index in [0.29, 0.717) is 24.7 Å². The van der Waals surface area contributed by atoms with Gasteiger partial charge in [-0.3, -0.25) is 9.88 Å². The Morgan fingerprint density at radius 1 is 0.976 bits per heavy atom. The summed E-state index contributed by atoms with van der Waals surface area (Å²) >= 11 is 0. The fraction of sp³-hybridized carbons (Fsp3) is 0.839. The van der Waals surface area contributed by atoms with Gasteiger partial charge in [-0.25, -0.2) is 14.0 Å². The number of halogens is 1. The molecule has 2 heterocycles. The zero-order chi connectivity index (χ0) is 30.5. The zero-order valence-corrected chi connectivity index (χ0v) is 26.0. The van der Waals surface area contributed by atoms with Crippen molar-refractivity contribution in [2.75, 3.05) is 11.9 Å². The molecule has 1 aliphatic heterocycles. The number of carbonyl (C=O) groups is 1. The number of rotatable bonds is 18. The third-order valence-electron chi connectivity index (χ3n) is 8.25. The lowest BCUT2D eigenvalue weighted by Gasteiger charge is -2.18. The van der Waals surface area contributed by atoms with Gasteiger partial charge in [0.05, 0.1) is 18.9 Å². The standard InChI is InChI=1S/C31H54FN3O6/c1-7-25-26(36)27(37)29(41-25)35-19-24(32)28(33-30(35)38)34-31(39)40-18-17-23(6)16-10-15-22(5)14-9-13-21(4)12-8-11-20(2)3/h19-23,25-27,29,36-37H,7-18H2,1-6H3,(H,33,34,38,39). The number of aliphatic hydroxyl groups is 2. The number of hydrogen-bond donors (Lipinski definition) is 3. The van der Waals surface area contributed by atoms with Gasteiger partial charge in [0.1, 0.15) is 12.2 Å². The number of hydrogen-bond acceptors (Lipinski definition) is 7. The Kier molecular flexibility index (Phi) is 15.3. The van der Waals surface area contributed by atoms with Gasteiger partial charge in [0, 0.05) is 0 Å². The van der Waals surface area contributed by atoms with E-state index in [9.17, 15) is 24.2 Å². The predicted octanol–water partition coefficient (Wildman–Crippen LogP) is 6.43.